The van der Waals surface area contributed by atoms with Crippen molar-refractivity contribution in [2.24, 2.45) is 5.92 Å². The smallest absolute Gasteiger partial charge is 0.162 e. The topological polar surface area (TPSA) is 59.3 Å². The lowest BCUT2D eigenvalue weighted by molar-refractivity contribution is 0.0348. The Morgan fingerprint density at radius 2 is 2.05 bits per heavy atom. The standard InChI is InChI=1S/C15H29N3O2/c1-11(2)9-16-8-7-15(5,19)14-13(20-6)10-17-18(14)12(3)4/h10-12,16,19H,7-9H2,1-6H3. The van der Waals surface area contributed by atoms with Gasteiger partial charge in [0.1, 0.15) is 11.3 Å². The summed E-state index contributed by atoms with van der Waals surface area (Å²) < 4.78 is 7.18. The van der Waals surface area contributed by atoms with E-state index < -0.39 is 5.60 Å². The molecule has 0 amide bonds. The first-order valence-electron chi connectivity index (χ1n) is 7.34. The summed E-state index contributed by atoms with van der Waals surface area (Å²) in [6.45, 7) is 12.0. The summed E-state index contributed by atoms with van der Waals surface area (Å²) in [5.41, 5.74) is -0.211. The highest BCUT2D eigenvalue weighted by Crippen LogP contribution is 2.33. The number of nitrogens with one attached hydrogen (secondary N) is 1. The van der Waals surface area contributed by atoms with Crippen LogP contribution < -0.4 is 10.1 Å². The molecule has 0 saturated heterocycles. The van der Waals surface area contributed by atoms with Crippen LogP contribution in [0.1, 0.15) is 52.8 Å². The number of rotatable bonds is 8. The Bertz CT molecular complexity index is 411. The van der Waals surface area contributed by atoms with Gasteiger partial charge in [-0.1, -0.05) is 13.8 Å². The number of aliphatic hydroxyl groups is 1. The third-order valence-corrected chi connectivity index (χ3v) is 3.32. The van der Waals surface area contributed by atoms with Crippen molar-refractivity contribution >= 4 is 0 Å². The Balaban J connectivity index is 2.82. The molecule has 0 aliphatic carbocycles. The molecule has 0 aliphatic heterocycles. The van der Waals surface area contributed by atoms with Crippen molar-refractivity contribution in [2.45, 2.75) is 52.7 Å². The predicted octanol–water partition coefficient (Wildman–Crippen LogP) is 2.32. The fraction of sp³-hybridized carbons (Fsp3) is 0.800. The van der Waals surface area contributed by atoms with Gasteiger partial charge in [-0.25, -0.2) is 0 Å². The molecule has 1 aromatic heterocycles. The zero-order valence-electron chi connectivity index (χ0n) is 13.6. The maximum Gasteiger partial charge on any atom is 0.162 e. The number of hydrogen-bond acceptors (Lipinski definition) is 4. The van der Waals surface area contributed by atoms with Crippen molar-refractivity contribution in [1.29, 1.82) is 0 Å². The summed E-state index contributed by atoms with van der Waals surface area (Å²) in [7, 11) is 1.61. The van der Waals surface area contributed by atoms with Gasteiger partial charge < -0.3 is 15.2 Å². The second-order valence-electron chi connectivity index (χ2n) is 6.22. The molecule has 1 rings (SSSR count). The molecule has 1 aromatic rings. The van der Waals surface area contributed by atoms with Crippen molar-refractivity contribution < 1.29 is 9.84 Å². The lowest BCUT2D eigenvalue weighted by Crippen LogP contribution is -2.32. The molecule has 20 heavy (non-hydrogen) atoms. The Kier molecular flexibility index (Phi) is 6.02. The second kappa shape index (κ2) is 7.09. The average molecular weight is 283 g/mol. The van der Waals surface area contributed by atoms with Crippen molar-refractivity contribution in [3.63, 3.8) is 0 Å². The fourth-order valence-electron chi connectivity index (χ4n) is 2.24. The Morgan fingerprint density at radius 3 is 2.55 bits per heavy atom. The van der Waals surface area contributed by atoms with Gasteiger partial charge in [0, 0.05) is 6.04 Å². The molecular formula is C15H29N3O2. The number of methoxy groups -OCH3 is 1. The van der Waals surface area contributed by atoms with Gasteiger partial charge in [0.15, 0.2) is 5.75 Å². The highest BCUT2D eigenvalue weighted by Gasteiger charge is 2.32. The molecule has 0 fully saturated rings. The molecule has 0 saturated carbocycles. The van der Waals surface area contributed by atoms with E-state index in [0.29, 0.717) is 18.1 Å². The predicted molar refractivity (Wildman–Crippen MR) is 81.1 cm³/mol. The normalized spacial score (nSPS) is 14.8. The SMILES string of the molecule is COc1cnn(C(C)C)c1C(C)(O)CCNCC(C)C. The number of nitrogens with zero attached hydrogens (tertiary/aromatic N) is 2. The molecule has 0 aromatic carbocycles. The minimum absolute atomic E-state index is 0.184. The minimum atomic E-state index is -0.962. The first-order chi connectivity index (χ1) is 9.29. The molecule has 1 atom stereocenters. The van der Waals surface area contributed by atoms with Gasteiger partial charge >= 0.3 is 0 Å². The third-order valence-electron chi connectivity index (χ3n) is 3.32. The lowest BCUT2D eigenvalue weighted by Gasteiger charge is -2.27. The molecule has 5 nitrogen and oxygen atoms in total. The summed E-state index contributed by atoms with van der Waals surface area (Å²) in [6, 6.07) is 0.184. The Hall–Kier alpha value is -1.07. The van der Waals surface area contributed by atoms with Crippen LogP contribution in [0.5, 0.6) is 5.75 Å². The van der Waals surface area contributed by atoms with Crippen molar-refractivity contribution in [2.75, 3.05) is 20.2 Å². The maximum atomic E-state index is 10.8. The molecule has 0 bridgehead atoms. The van der Waals surface area contributed by atoms with Gasteiger partial charge in [-0.15, -0.1) is 0 Å². The van der Waals surface area contributed by atoms with Gasteiger partial charge in [-0.2, -0.15) is 5.10 Å². The summed E-state index contributed by atoms with van der Waals surface area (Å²) >= 11 is 0. The second-order valence-corrected chi connectivity index (χ2v) is 6.22. The van der Waals surface area contributed by atoms with Crippen LogP contribution >= 0.6 is 0 Å². The van der Waals surface area contributed by atoms with E-state index in [1.807, 2.05) is 25.5 Å². The van der Waals surface area contributed by atoms with Gasteiger partial charge in [-0.05, 0) is 46.2 Å². The number of aromatic nitrogens is 2. The quantitative estimate of drug-likeness (QED) is 0.719. The van der Waals surface area contributed by atoms with E-state index >= 15 is 0 Å². The Labute approximate surface area is 122 Å². The maximum absolute atomic E-state index is 10.8. The zero-order chi connectivity index (χ0) is 15.3. The molecule has 1 unspecified atom stereocenters. The van der Waals surface area contributed by atoms with Crippen LogP contribution in [0, 0.1) is 5.92 Å². The van der Waals surface area contributed by atoms with Gasteiger partial charge in [-0.3, -0.25) is 4.68 Å². The summed E-state index contributed by atoms with van der Waals surface area (Å²) in [5, 5.41) is 18.5. The molecular weight excluding hydrogens is 254 g/mol. The molecule has 0 radical (unpaired) electrons. The fourth-order valence-corrected chi connectivity index (χ4v) is 2.24. The average Bonchev–Trinajstić information content (AvgIpc) is 2.79. The Morgan fingerprint density at radius 1 is 1.40 bits per heavy atom. The lowest BCUT2D eigenvalue weighted by atomic mass is 9.96. The van der Waals surface area contributed by atoms with Crippen LogP contribution in [-0.2, 0) is 5.60 Å². The number of hydrogen-bond donors (Lipinski definition) is 2. The molecule has 1 heterocycles. The minimum Gasteiger partial charge on any atom is -0.493 e. The zero-order valence-corrected chi connectivity index (χ0v) is 13.6. The first-order valence-corrected chi connectivity index (χ1v) is 7.34. The van der Waals surface area contributed by atoms with Crippen LogP contribution in [0.15, 0.2) is 6.20 Å². The molecule has 116 valence electrons. The van der Waals surface area contributed by atoms with Crippen LogP contribution in [0.4, 0.5) is 0 Å². The van der Waals surface area contributed by atoms with Crippen molar-refractivity contribution in [3.8, 4) is 5.75 Å². The van der Waals surface area contributed by atoms with Crippen LogP contribution in [-0.4, -0.2) is 35.1 Å². The highest BCUT2D eigenvalue weighted by molar-refractivity contribution is 5.30. The van der Waals surface area contributed by atoms with Crippen molar-refractivity contribution in [1.82, 2.24) is 15.1 Å². The summed E-state index contributed by atoms with van der Waals surface area (Å²) in [5.74, 6) is 1.25. The summed E-state index contributed by atoms with van der Waals surface area (Å²) in [6.07, 6.45) is 2.29. The number of ether oxygens (including phenoxy) is 1. The largest absolute Gasteiger partial charge is 0.493 e. The van der Waals surface area contributed by atoms with E-state index in [1.165, 1.54) is 0 Å². The van der Waals surface area contributed by atoms with E-state index in [9.17, 15) is 5.11 Å². The molecule has 0 aliphatic rings. The van der Waals surface area contributed by atoms with E-state index in [1.54, 1.807) is 13.3 Å². The van der Waals surface area contributed by atoms with E-state index in [4.69, 9.17) is 4.74 Å². The van der Waals surface area contributed by atoms with E-state index in [2.05, 4.69) is 24.3 Å². The van der Waals surface area contributed by atoms with Crippen LogP contribution in [0.2, 0.25) is 0 Å². The van der Waals surface area contributed by atoms with Crippen LogP contribution in [0.3, 0.4) is 0 Å². The first kappa shape index (κ1) is 17.0. The molecule has 0 spiro atoms. The highest BCUT2D eigenvalue weighted by atomic mass is 16.5. The van der Waals surface area contributed by atoms with E-state index in [0.717, 1.165) is 18.8 Å². The third kappa shape index (κ3) is 4.21. The van der Waals surface area contributed by atoms with E-state index in [-0.39, 0.29) is 6.04 Å². The molecule has 5 heteroatoms. The van der Waals surface area contributed by atoms with Crippen LogP contribution in [0.25, 0.3) is 0 Å². The molecule has 2 N–H and O–H groups in total. The van der Waals surface area contributed by atoms with Gasteiger partial charge in [0.25, 0.3) is 0 Å². The summed E-state index contributed by atoms with van der Waals surface area (Å²) in [4.78, 5) is 0. The van der Waals surface area contributed by atoms with Gasteiger partial charge in [0.05, 0.1) is 13.3 Å². The van der Waals surface area contributed by atoms with Gasteiger partial charge in [0.2, 0.25) is 0 Å². The van der Waals surface area contributed by atoms with Crippen molar-refractivity contribution in [3.05, 3.63) is 11.9 Å². The monoisotopic (exact) mass is 283 g/mol.